The van der Waals surface area contributed by atoms with Gasteiger partial charge >= 0.3 is 17.9 Å². The molecule has 0 rings (SSSR count). The average molecular weight is 1140 g/mol. The van der Waals surface area contributed by atoms with Crippen LogP contribution >= 0.6 is 0 Å². The number of hydrogen-bond acceptors (Lipinski definition) is 6. The van der Waals surface area contributed by atoms with E-state index in [2.05, 4.69) is 57.2 Å². The molecule has 6 nitrogen and oxygen atoms in total. The Kier molecular flexibility index (Phi) is 68.1. The first-order chi connectivity index (χ1) is 40.0. The van der Waals surface area contributed by atoms with Crippen LogP contribution in [0.5, 0.6) is 0 Å². The molecule has 0 radical (unpaired) electrons. The van der Waals surface area contributed by atoms with Crippen LogP contribution in [0.3, 0.4) is 0 Å². The van der Waals surface area contributed by atoms with E-state index in [-0.39, 0.29) is 31.1 Å². The second kappa shape index (κ2) is 70.1. The van der Waals surface area contributed by atoms with Crippen LogP contribution in [-0.4, -0.2) is 37.2 Å². The lowest BCUT2D eigenvalue weighted by Gasteiger charge is -2.18. The predicted molar refractivity (Wildman–Crippen MR) is 353 cm³/mol. The molecule has 0 aromatic carbocycles. The summed E-state index contributed by atoms with van der Waals surface area (Å²) in [5, 5.41) is 0. The van der Waals surface area contributed by atoms with E-state index in [9.17, 15) is 14.4 Å². The molecule has 0 saturated carbocycles. The van der Waals surface area contributed by atoms with Crippen LogP contribution in [0, 0.1) is 0 Å². The van der Waals surface area contributed by atoms with Crippen molar-refractivity contribution in [1.29, 1.82) is 0 Å². The minimum absolute atomic E-state index is 0.0686. The van der Waals surface area contributed by atoms with E-state index < -0.39 is 6.10 Å². The van der Waals surface area contributed by atoms with Gasteiger partial charge in [-0.1, -0.05) is 365 Å². The standard InChI is InChI=1S/C75H140O6/c1-4-7-10-13-16-18-20-22-24-26-28-30-32-34-35-36-37-38-39-41-42-44-46-48-50-52-54-56-59-62-65-68-74(77)80-71-72(70-79-73(76)67-64-61-58-15-12-9-6-3)81-75(78)69-66-63-60-57-55-53-51-49-47-45-43-40-33-31-29-27-25-23-21-19-17-14-11-8-5-2/h21,23,27,29,33,40,72H,4-20,22,24-26,28,30-32,34-39,41-71H2,1-3H3/b23-21-,29-27-,40-33-. The Labute approximate surface area is 506 Å². The number of esters is 3. The van der Waals surface area contributed by atoms with Crippen LogP contribution < -0.4 is 0 Å². The number of carbonyl (C=O) groups is 3. The van der Waals surface area contributed by atoms with Gasteiger partial charge in [0.25, 0.3) is 0 Å². The highest BCUT2D eigenvalue weighted by atomic mass is 16.6. The van der Waals surface area contributed by atoms with Gasteiger partial charge < -0.3 is 14.2 Å². The van der Waals surface area contributed by atoms with Gasteiger partial charge in [0, 0.05) is 19.3 Å². The van der Waals surface area contributed by atoms with Crippen LogP contribution in [0.4, 0.5) is 0 Å². The summed E-state index contributed by atoms with van der Waals surface area (Å²) in [5.41, 5.74) is 0. The molecule has 476 valence electrons. The molecular weight excluding hydrogens is 997 g/mol. The van der Waals surface area contributed by atoms with Crippen molar-refractivity contribution in [3.05, 3.63) is 36.5 Å². The summed E-state index contributed by atoms with van der Waals surface area (Å²) < 4.78 is 16.9. The molecule has 0 amide bonds. The third-order valence-electron chi connectivity index (χ3n) is 16.6. The number of hydrogen-bond donors (Lipinski definition) is 0. The maximum absolute atomic E-state index is 12.9. The van der Waals surface area contributed by atoms with Crippen molar-refractivity contribution in [2.24, 2.45) is 0 Å². The van der Waals surface area contributed by atoms with Gasteiger partial charge in [0.05, 0.1) is 0 Å². The van der Waals surface area contributed by atoms with Crippen LogP contribution in [-0.2, 0) is 28.6 Å². The molecule has 0 N–H and O–H groups in total. The van der Waals surface area contributed by atoms with E-state index in [0.29, 0.717) is 19.3 Å². The van der Waals surface area contributed by atoms with E-state index in [1.54, 1.807) is 0 Å². The molecule has 0 aliphatic rings. The van der Waals surface area contributed by atoms with E-state index in [4.69, 9.17) is 14.2 Å². The van der Waals surface area contributed by atoms with Crippen molar-refractivity contribution in [2.45, 2.75) is 412 Å². The van der Waals surface area contributed by atoms with E-state index in [1.165, 1.54) is 295 Å². The first-order valence-electron chi connectivity index (χ1n) is 36.5. The third-order valence-corrected chi connectivity index (χ3v) is 16.6. The molecule has 0 aliphatic carbocycles. The Bertz CT molecular complexity index is 1350. The summed E-state index contributed by atoms with van der Waals surface area (Å²) >= 11 is 0. The summed E-state index contributed by atoms with van der Waals surface area (Å²) in [4.78, 5) is 38.2. The maximum atomic E-state index is 12.9. The molecule has 0 aromatic rings. The van der Waals surface area contributed by atoms with E-state index in [1.807, 2.05) is 0 Å². The van der Waals surface area contributed by atoms with Crippen molar-refractivity contribution < 1.29 is 28.6 Å². The molecule has 1 unspecified atom stereocenters. The van der Waals surface area contributed by atoms with Crippen LogP contribution in [0.25, 0.3) is 0 Å². The minimum atomic E-state index is -0.770. The Morgan fingerprint density at radius 2 is 0.444 bits per heavy atom. The molecule has 0 fully saturated rings. The van der Waals surface area contributed by atoms with Gasteiger partial charge in [-0.05, 0) is 57.8 Å². The molecule has 0 spiro atoms. The fraction of sp³-hybridized carbons (Fsp3) is 0.880. The van der Waals surface area contributed by atoms with Gasteiger partial charge in [-0.25, -0.2) is 0 Å². The SMILES string of the molecule is CCCCCCC/C=C\C/C=C\C/C=C\CCCCCCCCCCCCC(=O)OC(COC(=O)CCCCCCCCC)COC(=O)CCCCCCCCCCCCCCCCCCCCCCCCCCCCCCCCC. The molecule has 1 atom stereocenters. The lowest BCUT2D eigenvalue weighted by molar-refractivity contribution is -0.167. The van der Waals surface area contributed by atoms with Crippen LogP contribution in [0.15, 0.2) is 36.5 Å². The van der Waals surface area contributed by atoms with Crippen molar-refractivity contribution in [1.82, 2.24) is 0 Å². The second-order valence-electron chi connectivity index (χ2n) is 24.9. The molecule has 0 saturated heterocycles. The first-order valence-corrected chi connectivity index (χ1v) is 36.5. The van der Waals surface area contributed by atoms with Gasteiger partial charge in [0.2, 0.25) is 0 Å². The smallest absolute Gasteiger partial charge is 0.306 e. The molecule has 6 heteroatoms. The zero-order chi connectivity index (χ0) is 58.5. The van der Waals surface area contributed by atoms with Crippen molar-refractivity contribution in [3.63, 3.8) is 0 Å². The molecular formula is C75H140O6. The van der Waals surface area contributed by atoms with Crippen molar-refractivity contribution >= 4 is 17.9 Å². The Balaban J connectivity index is 4.00. The summed E-state index contributed by atoms with van der Waals surface area (Å²) in [5.74, 6) is -0.853. The maximum Gasteiger partial charge on any atom is 0.306 e. The monoisotopic (exact) mass is 1140 g/mol. The summed E-state index contributed by atoms with van der Waals surface area (Å²) in [6.45, 7) is 6.65. The predicted octanol–water partition coefficient (Wildman–Crippen LogP) is 25.1. The van der Waals surface area contributed by atoms with Gasteiger partial charge in [-0.3, -0.25) is 14.4 Å². The van der Waals surface area contributed by atoms with Crippen LogP contribution in [0.2, 0.25) is 0 Å². The van der Waals surface area contributed by atoms with E-state index >= 15 is 0 Å². The Morgan fingerprint density at radius 1 is 0.247 bits per heavy atom. The Morgan fingerprint density at radius 3 is 0.691 bits per heavy atom. The first kappa shape index (κ1) is 78.6. The fourth-order valence-electron chi connectivity index (χ4n) is 11.2. The van der Waals surface area contributed by atoms with Gasteiger partial charge in [0.1, 0.15) is 13.2 Å². The zero-order valence-electron chi connectivity index (χ0n) is 54.8. The number of ether oxygens (including phenoxy) is 3. The van der Waals surface area contributed by atoms with Gasteiger partial charge in [-0.15, -0.1) is 0 Å². The van der Waals surface area contributed by atoms with Gasteiger partial charge in [-0.2, -0.15) is 0 Å². The molecule has 0 heterocycles. The van der Waals surface area contributed by atoms with Gasteiger partial charge in [0.15, 0.2) is 6.10 Å². The lowest BCUT2D eigenvalue weighted by Crippen LogP contribution is -2.30. The summed E-state index contributed by atoms with van der Waals surface area (Å²) in [6, 6.07) is 0. The highest BCUT2D eigenvalue weighted by molar-refractivity contribution is 5.71. The number of rotatable bonds is 68. The minimum Gasteiger partial charge on any atom is -0.462 e. The number of unbranched alkanes of at least 4 members (excludes halogenated alkanes) is 51. The third kappa shape index (κ3) is 68.3. The Hall–Kier alpha value is -2.37. The average Bonchev–Trinajstić information content (AvgIpc) is 3.46. The highest BCUT2D eigenvalue weighted by Gasteiger charge is 2.19. The van der Waals surface area contributed by atoms with E-state index in [0.717, 1.165) is 70.6 Å². The normalized spacial score (nSPS) is 12.2. The second-order valence-corrected chi connectivity index (χ2v) is 24.9. The molecule has 0 aromatic heterocycles. The topological polar surface area (TPSA) is 78.9 Å². The fourth-order valence-corrected chi connectivity index (χ4v) is 11.2. The molecule has 81 heavy (non-hydrogen) atoms. The van der Waals surface area contributed by atoms with Crippen molar-refractivity contribution in [2.75, 3.05) is 13.2 Å². The quantitative estimate of drug-likeness (QED) is 0.0261. The number of allylic oxidation sites excluding steroid dienone is 6. The summed E-state index contributed by atoms with van der Waals surface area (Å²) in [7, 11) is 0. The summed E-state index contributed by atoms with van der Waals surface area (Å²) in [6.07, 6.45) is 87.9. The lowest BCUT2D eigenvalue weighted by atomic mass is 10.0. The molecule has 0 aliphatic heterocycles. The highest BCUT2D eigenvalue weighted by Crippen LogP contribution is 2.19. The van der Waals surface area contributed by atoms with Crippen LogP contribution in [0.1, 0.15) is 406 Å². The number of carbonyl (C=O) groups excluding carboxylic acids is 3. The van der Waals surface area contributed by atoms with Crippen molar-refractivity contribution in [3.8, 4) is 0 Å². The zero-order valence-corrected chi connectivity index (χ0v) is 54.8. The molecule has 0 bridgehead atoms. The largest absolute Gasteiger partial charge is 0.462 e.